The molecule has 0 radical (unpaired) electrons. The van der Waals surface area contributed by atoms with Gasteiger partial charge in [-0.2, -0.15) is 11.8 Å². The third-order valence-electron chi connectivity index (χ3n) is 2.16. The molecule has 0 saturated heterocycles. The average molecular weight is 230 g/mol. The largest absolute Gasteiger partial charge is 0.335 e. The van der Waals surface area contributed by atoms with Crippen LogP contribution >= 0.6 is 24.0 Å². The second-order valence-corrected chi connectivity index (χ2v) is 4.86. The third-order valence-corrected chi connectivity index (χ3v) is 3.20. The number of hydrogen-bond donors (Lipinski definition) is 1. The number of aromatic nitrogens is 2. The number of rotatable bonds is 6. The molecule has 0 aliphatic heterocycles. The van der Waals surface area contributed by atoms with E-state index < -0.39 is 0 Å². The first-order valence-electron chi connectivity index (χ1n) is 4.99. The second-order valence-electron chi connectivity index (χ2n) is 3.49. The van der Waals surface area contributed by atoms with Gasteiger partial charge in [-0.05, 0) is 44.0 Å². The average Bonchev–Trinajstić information content (AvgIpc) is 2.45. The molecule has 1 rings (SSSR count). The molecule has 2 nitrogen and oxygen atoms in total. The second kappa shape index (κ2) is 6.30. The highest BCUT2D eigenvalue weighted by Crippen LogP contribution is 2.05. The van der Waals surface area contributed by atoms with Crippen molar-refractivity contribution >= 4 is 24.0 Å². The minimum atomic E-state index is 0.854. The van der Waals surface area contributed by atoms with Crippen molar-refractivity contribution in [3.8, 4) is 0 Å². The van der Waals surface area contributed by atoms with Crippen molar-refractivity contribution in [1.29, 1.82) is 0 Å². The topological polar surface area (TPSA) is 20.7 Å². The van der Waals surface area contributed by atoms with Gasteiger partial charge in [-0.1, -0.05) is 6.42 Å². The Morgan fingerprint density at radius 2 is 2.21 bits per heavy atom. The van der Waals surface area contributed by atoms with Crippen LogP contribution < -0.4 is 0 Å². The molecule has 1 aromatic heterocycles. The molecule has 0 fully saturated rings. The Labute approximate surface area is 95.1 Å². The number of hydrogen-bond acceptors (Lipinski definition) is 2. The summed E-state index contributed by atoms with van der Waals surface area (Å²) < 4.78 is 2.98. The Bertz CT molecular complexity index is 314. The maximum absolute atomic E-state index is 5.18. The lowest BCUT2D eigenvalue weighted by Crippen LogP contribution is -1.96. The monoisotopic (exact) mass is 230 g/mol. The molecule has 0 amide bonds. The van der Waals surface area contributed by atoms with Crippen molar-refractivity contribution in [1.82, 2.24) is 9.55 Å². The van der Waals surface area contributed by atoms with Crippen LogP contribution in [0.15, 0.2) is 6.20 Å². The maximum atomic E-state index is 5.18. The zero-order valence-corrected chi connectivity index (χ0v) is 10.5. The van der Waals surface area contributed by atoms with Crippen LogP contribution in [-0.4, -0.2) is 21.6 Å². The fourth-order valence-electron chi connectivity index (χ4n) is 1.44. The van der Waals surface area contributed by atoms with E-state index in [4.69, 9.17) is 12.2 Å². The molecule has 0 atom stereocenters. The van der Waals surface area contributed by atoms with Crippen LogP contribution in [0.1, 0.15) is 25.0 Å². The number of aromatic amines is 1. The Hall–Kier alpha value is -0.220. The van der Waals surface area contributed by atoms with Crippen LogP contribution in [0.5, 0.6) is 0 Å². The number of nitrogens with zero attached hydrogens (tertiary/aromatic N) is 1. The Morgan fingerprint density at radius 3 is 2.79 bits per heavy atom. The molecular formula is C10H18N2S2. The molecule has 14 heavy (non-hydrogen) atoms. The first kappa shape index (κ1) is 11.9. The van der Waals surface area contributed by atoms with Gasteiger partial charge < -0.3 is 9.55 Å². The predicted octanol–water partition coefficient (Wildman–Crippen LogP) is 3.39. The predicted molar refractivity (Wildman–Crippen MR) is 66.6 cm³/mol. The summed E-state index contributed by atoms with van der Waals surface area (Å²) in [6.07, 6.45) is 8.10. The van der Waals surface area contributed by atoms with Crippen molar-refractivity contribution in [3.05, 3.63) is 16.7 Å². The van der Waals surface area contributed by atoms with E-state index in [1.165, 1.54) is 25.0 Å². The third kappa shape index (κ3) is 3.88. The minimum absolute atomic E-state index is 0.854. The van der Waals surface area contributed by atoms with E-state index in [-0.39, 0.29) is 0 Å². The summed E-state index contributed by atoms with van der Waals surface area (Å²) in [6, 6.07) is 0. The fraction of sp³-hybridized carbons (Fsp3) is 0.700. The van der Waals surface area contributed by atoms with Gasteiger partial charge in [-0.25, -0.2) is 0 Å². The van der Waals surface area contributed by atoms with E-state index in [1.54, 1.807) is 0 Å². The number of imidazole rings is 1. The van der Waals surface area contributed by atoms with Crippen LogP contribution in [0.4, 0.5) is 0 Å². The highest BCUT2D eigenvalue weighted by Gasteiger charge is 1.95. The molecule has 0 aliphatic carbocycles. The Balaban J connectivity index is 2.25. The van der Waals surface area contributed by atoms with Gasteiger partial charge in [-0.15, -0.1) is 0 Å². The van der Waals surface area contributed by atoms with Gasteiger partial charge in [0.25, 0.3) is 0 Å². The van der Waals surface area contributed by atoms with E-state index in [1.807, 2.05) is 18.7 Å². The number of H-pyrrole nitrogens is 1. The molecule has 4 heteroatoms. The molecule has 0 spiro atoms. The number of aryl methyl sites for hydroxylation is 2. The normalized spacial score (nSPS) is 10.7. The summed E-state index contributed by atoms with van der Waals surface area (Å²) in [5, 5.41) is 0. The first-order valence-corrected chi connectivity index (χ1v) is 6.79. The zero-order valence-electron chi connectivity index (χ0n) is 8.88. The van der Waals surface area contributed by atoms with Crippen molar-refractivity contribution in [2.24, 2.45) is 0 Å². The summed E-state index contributed by atoms with van der Waals surface area (Å²) in [4.78, 5) is 3.13. The number of thioether (sulfide) groups is 1. The summed E-state index contributed by atoms with van der Waals surface area (Å²) >= 11 is 7.10. The van der Waals surface area contributed by atoms with Crippen molar-refractivity contribution in [2.75, 3.05) is 12.0 Å². The standard InChI is InChI=1S/C10H18N2S2/c1-9-8-12(10(13)11-9)6-4-3-5-7-14-2/h8H,3-7H2,1-2H3,(H,11,13). The van der Waals surface area contributed by atoms with E-state index in [0.29, 0.717) is 0 Å². The summed E-state index contributed by atoms with van der Waals surface area (Å²) in [7, 11) is 0. The number of nitrogens with one attached hydrogen (secondary N) is 1. The molecule has 1 N–H and O–H groups in total. The van der Waals surface area contributed by atoms with Crippen molar-refractivity contribution < 1.29 is 0 Å². The lowest BCUT2D eigenvalue weighted by molar-refractivity contribution is 0.599. The van der Waals surface area contributed by atoms with E-state index in [0.717, 1.165) is 17.0 Å². The lowest BCUT2D eigenvalue weighted by Gasteiger charge is -2.01. The summed E-state index contributed by atoms with van der Waals surface area (Å²) in [5.74, 6) is 1.28. The van der Waals surface area contributed by atoms with Gasteiger partial charge >= 0.3 is 0 Å². The quantitative estimate of drug-likeness (QED) is 0.597. The van der Waals surface area contributed by atoms with Gasteiger partial charge in [0.15, 0.2) is 4.77 Å². The molecule has 0 saturated carbocycles. The fourth-order valence-corrected chi connectivity index (χ4v) is 2.23. The van der Waals surface area contributed by atoms with Crippen LogP contribution in [0, 0.1) is 11.7 Å². The first-order chi connectivity index (χ1) is 6.74. The van der Waals surface area contributed by atoms with Gasteiger partial charge in [0.2, 0.25) is 0 Å². The van der Waals surface area contributed by atoms with Gasteiger partial charge in [-0.3, -0.25) is 0 Å². The SMILES string of the molecule is CSCCCCCn1cc(C)[nH]c1=S. The molecule has 0 aliphatic rings. The van der Waals surface area contributed by atoms with Crippen LogP contribution in [0.3, 0.4) is 0 Å². The van der Waals surface area contributed by atoms with Crippen LogP contribution in [-0.2, 0) is 6.54 Å². The highest BCUT2D eigenvalue weighted by molar-refractivity contribution is 7.98. The maximum Gasteiger partial charge on any atom is 0.177 e. The van der Waals surface area contributed by atoms with E-state index in [2.05, 4.69) is 22.0 Å². The van der Waals surface area contributed by atoms with Crippen molar-refractivity contribution in [3.63, 3.8) is 0 Å². The van der Waals surface area contributed by atoms with E-state index in [9.17, 15) is 0 Å². The molecule has 1 aromatic rings. The highest BCUT2D eigenvalue weighted by atomic mass is 32.2. The molecular weight excluding hydrogens is 212 g/mol. The van der Waals surface area contributed by atoms with E-state index >= 15 is 0 Å². The van der Waals surface area contributed by atoms with Gasteiger partial charge in [0, 0.05) is 18.4 Å². The smallest absolute Gasteiger partial charge is 0.177 e. The molecule has 1 heterocycles. The number of unbranched alkanes of at least 4 members (excludes halogenated alkanes) is 2. The molecule has 0 aromatic carbocycles. The van der Waals surface area contributed by atoms with Gasteiger partial charge in [0.05, 0.1) is 0 Å². The molecule has 0 unspecified atom stereocenters. The van der Waals surface area contributed by atoms with Crippen molar-refractivity contribution in [2.45, 2.75) is 32.7 Å². The van der Waals surface area contributed by atoms with Crippen LogP contribution in [0.2, 0.25) is 0 Å². The Kier molecular flexibility index (Phi) is 5.33. The molecule has 0 bridgehead atoms. The summed E-state index contributed by atoms with van der Waals surface area (Å²) in [6.45, 7) is 3.09. The summed E-state index contributed by atoms with van der Waals surface area (Å²) in [5.41, 5.74) is 1.15. The Morgan fingerprint density at radius 1 is 1.43 bits per heavy atom. The minimum Gasteiger partial charge on any atom is -0.335 e. The zero-order chi connectivity index (χ0) is 10.4. The lowest BCUT2D eigenvalue weighted by atomic mass is 10.2. The molecule has 80 valence electrons. The van der Waals surface area contributed by atoms with Crippen LogP contribution in [0.25, 0.3) is 0 Å². The van der Waals surface area contributed by atoms with Gasteiger partial charge in [0.1, 0.15) is 0 Å².